The van der Waals surface area contributed by atoms with Gasteiger partial charge in [-0.15, -0.1) is 23.5 Å². The first-order chi connectivity index (χ1) is 13.5. The van der Waals surface area contributed by atoms with Crippen molar-refractivity contribution >= 4 is 40.5 Å². The van der Waals surface area contributed by atoms with Gasteiger partial charge in [-0.25, -0.2) is 4.98 Å². The van der Waals surface area contributed by atoms with Gasteiger partial charge in [0, 0.05) is 11.9 Å². The van der Waals surface area contributed by atoms with Crippen LogP contribution in [0, 0.1) is 0 Å². The Morgan fingerprint density at radius 2 is 1.93 bits per heavy atom. The van der Waals surface area contributed by atoms with Gasteiger partial charge in [0.05, 0.1) is 18.1 Å². The number of fused-ring (bicyclic) bond motifs is 1. The molecule has 0 saturated carbocycles. The van der Waals surface area contributed by atoms with E-state index in [0.29, 0.717) is 13.0 Å². The third-order valence-electron chi connectivity index (χ3n) is 4.64. The van der Waals surface area contributed by atoms with Crippen molar-refractivity contribution in [1.29, 1.82) is 0 Å². The Morgan fingerprint density at radius 3 is 2.57 bits per heavy atom. The molecule has 0 bridgehead atoms. The van der Waals surface area contributed by atoms with Crippen LogP contribution in [0.15, 0.2) is 47.4 Å². The number of ether oxygens (including phenoxy) is 2. The summed E-state index contributed by atoms with van der Waals surface area (Å²) in [6, 6.07) is 14.1. The lowest BCUT2D eigenvalue weighted by Crippen LogP contribution is -2.20. The summed E-state index contributed by atoms with van der Waals surface area (Å²) in [6.45, 7) is 0.398. The summed E-state index contributed by atoms with van der Waals surface area (Å²) >= 11 is 3.22. The third-order valence-corrected chi connectivity index (χ3v) is 6.30. The maximum Gasteiger partial charge on any atom is 0.319 e. The molecule has 7 heteroatoms. The number of hydrogen-bond acceptors (Lipinski definition) is 6. The van der Waals surface area contributed by atoms with Crippen molar-refractivity contribution in [2.24, 2.45) is 7.05 Å². The van der Waals surface area contributed by atoms with Gasteiger partial charge in [-0.05, 0) is 54.8 Å². The lowest BCUT2D eigenvalue weighted by atomic mass is 10.1. The molecule has 2 aromatic carbocycles. The first kappa shape index (κ1) is 20.6. The Labute approximate surface area is 173 Å². The van der Waals surface area contributed by atoms with E-state index in [4.69, 9.17) is 9.47 Å². The monoisotopic (exact) mass is 416 g/mol. The highest BCUT2D eigenvalue weighted by Gasteiger charge is 2.18. The summed E-state index contributed by atoms with van der Waals surface area (Å²) in [4.78, 5) is 17.6. The van der Waals surface area contributed by atoms with E-state index in [2.05, 4.69) is 27.9 Å². The van der Waals surface area contributed by atoms with Crippen LogP contribution in [0.3, 0.4) is 0 Å². The molecule has 3 aromatic rings. The highest BCUT2D eigenvalue weighted by molar-refractivity contribution is 7.99. The molecule has 1 atom stereocenters. The number of benzene rings is 2. The average Bonchev–Trinajstić information content (AvgIpc) is 3.05. The Balaban J connectivity index is 1.66. The van der Waals surface area contributed by atoms with E-state index in [1.54, 1.807) is 11.8 Å². The van der Waals surface area contributed by atoms with E-state index in [-0.39, 0.29) is 11.2 Å². The van der Waals surface area contributed by atoms with Gasteiger partial charge in [-0.3, -0.25) is 4.79 Å². The van der Waals surface area contributed by atoms with Gasteiger partial charge in [0.2, 0.25) is 0 Å². The molecule has 5 nitrogen and oxygen atoms in total. The van der Waals surface area contributed by atoms with Gasteiger partial charge >= 0.3 is 5.97 Å². The van der Waals surface area contributed by atoms with Crippen molar-refractivity contribution in [2.45, 2.75) is 23.2 Å². The van der Waals surface area contributed by atoms with Crippen molar-refractivity contribution in [3.05, 3.63) is 53.9 Å². The minimum atomic E-state index is -0.195. The molecule has 3 rings (SSSR count). The first-order valence-corrected chi connectivity index (χ1v) is 11.4. The van der Waals surface area contributed by atoms with Crippen LogP contribution in [-0.2, 0) is 29.6 Å². The third kappa shape index (κ3) is 4.64. The number of nitrogens with zero attached hydrogens (tertiary/aromatic N) is 2. The molecule has 28 heavy (non-hydrogen) atoms. The van der Waals surface area contributed by atoms with Crippen molar-refractivity contribution in [3.8, 4) is 5.75 Å². The molecule has 148 valence electrons. The summed E-state index contributed by atoms with van der Waals surface area (Å²) in [6.07, 6.45) is 4.62. The molecule has 0 N–H and O–H groups in total. The Bertz CT molecular complexity index is 954. The SMILES string of the molecule is COC(=O)C(Cc1ccc(OCc2nc3ccc(SC)cc3n2C)cc1)SC. The molecule has 0 aliphatic carbocycles. The number of hydrogen-bond donors (Lipinski definition) is 0. The predicted octanol–water partition coefficient (Wildman–Crippen LogP) is 4.32. The van der Waals surface area contributed by atoms with E-state index < -0.39 is 0 Å². The fourth-order valence-corrected chi connectivity index (χ4v) is 4.04. The number of thioether (sulfide) groups is 2. The first-order valence-electron chi connectivity index (χ1n) is 8.87. The largest absolute Gasteiger partial charge is 0.486 e. The molecule has 0 aliphatic rings. The smallest absolute Gasteiger partial charge is 0.319 e. The van der Waals surface area contributed by atoms with E-state index in [1.807, 2.05) is 43.6 Å². The Kier molecular flexibility index (Phi) is 6.91. The number of carbonyl (C=O) groups excluding carboxylic acids is 1. The minimum Gasteiger partial charge on any atom is -0.486 e. The predicted molar refractivity (Wildman–Crippen MR) is 116 cm³/mol. The maximum atomic E-state index is 11.7. The van der Waals surface area contributed by atoms with Gasteiger partial charge in [0.25, 0.3) is 0 Å². The highest BCUT2D eigenvalue weighted by atomic mass is 32.2. The van der Waals surface area contributed by atoms with Crippen LogP contribution in [0.2, 0.25) is 0 Å². The molecule has 0 aliphatic heterocycles. The molecular weight excluding hydrogens is 392 g/mol. The van der Waals surface area contributed by atoms with Gasteiger partial charge in [-0.2, -0.15) is 0 Å². The van der Waals surface area contributed by atoms with Crippen LogP contribution in [0.25, 0.3) is 11.0 Å². The zero-order valence-electron chi connectivity index (χ0n) is 16.5. The summed E-state index contributed by atoms with van der Waals surface area (Å²) in [5.41, 5.74) is 3.15. The van der Waals surface area contributed by atoms with E-state index >= 15 is 0 Å². The fourth-order valence-electron chi connectivity index (χ4n) is 2.95. The molecule has 1 heterocycles. The molecule has 0 saturated heterocycles. The van der Waals surface area contributed by atoms with Gasteiger partial charge in [0.1, 0.15) is 23.4 Å². The second kappa shape index (κ2) is 9.39. The van der Waals surface area contributed by atoms with Crippen LogP contribution < -0.4 is 4.74 Å². The quantitative estimate of drug-likeness (QED) is 0.403. The van der Waals surface area contributed by atoms with Gasteiger partial charge < -0.3 is 14.0 Å². The lowest BCUT2D eigenvalue weighted by molar-refractivity contribution is -0.139. The maximum absolute atomic E-state index is 11.7. The standard InChI is InChI=1S/C21H24N2O3S2/c1-23-18-12-16(27-3)9-10-17(18)22-20(23)13-26-15-7-5-14(6-8-15)11-19(28-4)21(24)25-2/h5-10,12,19H,11,13H2,1-4H3. The van der Waals surface area contributed by atoms with E-state index in [1.165, 1.54) is 23.8 Å². The molecule has 1 aromatic heterocycles. The van der Waals surface area contributed by atoms with Crippen LogP contribution in [0.4, 0.5) is 0 Å². The minimum absolute atomic E-state index is 0.192. The summed E-state index contributed by atoms with van der Waals surface area (Å²) in [5.74, 6) is 1.46. The summed E-state index contributed by atoms with van der Waals surface area (Å²) in [7, 11) is 3.43. The number of aromatic nitrogens is 2. The zero-order chi connectivity index (χ0) is 20.1. The normalized spacial score (nSPS) is 12.1. The second-order valence-electron chi connectivity index (χ2n) is 6.33. The zero-order valence-corrected chi connectivity index (χ0v) is 18.1. The van der Waals surface area contributed by atoms with Crippen LogP contribution in [0.1, 0.15) is 11.4 Å². The molecule has 1 unspecified atom stereocenters. The fraction of sp³-hybridized carbons (Fsp3) is 0.333. The van der Waals surface area contributed by atoms with Crippen molar-refractivity contribution in [1.82, 2.24) is 9.55 Å². The molecule has 0 fully saturated rings. The number of methoxy groups -OCH3 is 1. The topological polar surface area (TPSA) is 53.4 Å². The molecule has 0 radical (unpaired) electrons. The summed E-state index contributed by atoms with van der Waals surface area (Å²) in [5, 5.41) is -0.192. The molecular formula is C21H24N2O3S2. The number of carbonyl (C=O) groups is 1. The van der Waals surface area contributed by atoms with Crippen LogP contribution in [-0.4, -0.2) is 40.4 Å². The Hall–Kier alpha value is -2.12. The van der Waals surface area contributed by atoms with Gasteiger partial charge in [-0.1, -0.05) is 12.1 Å². The number of imidazole rings is 1. The van der Waals surface area contributed by atoms with E-state index in [9.17, 15) is 4.79 Å². The second-order valence-corrected chi connectivity index (χ2v) is 8.25. The summed E-state index contributed by atoms with van der Waals surface area (Å²) < 4.78 is 12.8. The van der Waals surface area contributed by atoms with Crippen molar-refractivity contribution in [2.75, 3.05) is 19.6 Å². The van der Waals surface area contributed by atoms with Crippen LogP contribution >= 0.6 is 23.5 Å². The van der Waals surface area contributed by atoms with Gasteiger partial charge in [0.15, 0.2) is 0 Å². The van der Waals surface area contributed by atoms with Crippen molar-refractivity contribution in [3.63, 3.8) is 0 Å². The number of rotatable bonds is 8. The highest BCUT2D eigenvalue weighted by Crippen LogP contribution is 2.23. The average molecular weight is 417 g/mol. The molecule has 0 spiro atoms. The molecule has 0 amide bonds. The number of aryl methyl sites for hydroxylation is 1. The van der Waals surface area contributed by atoms with Crippen LogP contribution in [0.5, 0.6) is 5.75 Å². The van der Waals surface area contributed by atoms with E-state index in [0.717, 1.165) is 28.2 Å². The Morgan fingerprint density at radius 1 is 1.18 bits per heavy atom. The van der Waals surface area contributed by atoms with Crippen molar-refractivity contribution < 1.29 is 14.3 Å². The number of esters is 1. The lowest BCUT2D eigenvalue weighted by Gasteiger charge is -2.12.